The van der Waals surface area contributed by atoms with Crippen LogP contribution in [0.1, 0.15) is 49.3 Å². The highest BCUT2D eigenvalue weighted by atomic mass is 32.2. The topological polar surface area (TPSA) is 50.5 Å². The van der Waals surface area contributed by atoms with Crippen molar-refractivity contribution in [2.24, 2.45) is 0 Å². The molecule has 1 fully saturated rings. The molecule has 4 rings (SSSR count). The molecule has 2 aromatic heterocycles. The lowest BCUT2D eigenvalue weighted by Gasteiger charge is -2.35. The highest BCUT2D eigenvalue weighted by Crippen LogP contribution is 2.30. The number of carbonyl (C=O) groups excluding carboxylic acids is 1. The van der Waals surface area contributed by atoms with Crippen LogP contribution in [0.3, 0.4) is 0 Å². The zero-order valence-electron chi connectivity index (χ0n) is 17.2. The Morgan fingerprint density at radius 3 is 2.71 bits per heavy atom. The molecule has 5 nitrogen and oxygen atoms in total. The lowest BCUT2D eigenvalue weighted by Crippen LogP contribution is -2.44. The number of aryl methyl sites for hydroxylation is 3. The first-order valence-corrected chi connectivity index (χ1v) is 11.2. The molecule has 0 aliphatic carbocycles. The van der Waals surface area contributed by atoms with Crippen LogP contribution in [-0.4, -0.2) is 43.7 Å². The van der Waals surface area contributed by atoms with Gasteiger partial charge < -0.3 is 4.90 Å². The second-order valence-electron chi connectivity index (χ2n) is 7.86. The molecule has 6 heteroatoms. The molecule has 0 saturated carbocycles. The number of piperidine rings is 1. The number of rotatable bonds is 4. The average Bonchev–Trinajstić information content (AvgIpc) is 3.13. The van der Waals surface area contributed by atoms with Gasteiger partial charge in [0.25, 0.3) is 0 Å². The largest absolute Gasteiger partial charge is 0.339 e. The molecule has 1 unspecified atom stereocenters. The van der Waals surface area contributed by atoms with Gasteiger partial charge >= 0.3 is 0 Å². The standard InChI is InChI=1S/C22H28N4OS/c1-5-17-8-6-7-11-25(17)19(27)13-28-22-24-23-21-16(4)12-18-14(2)9-10-15(3)20(18)26(21)22/h9-10,12,17H,5-8,11,13H2,1-4H3. The van der Waals surface area contributed by atoms with E-state index in [1.165, 1.54) is 34.7 Å². The summed E-state index contributed by atoms with van der Waals surface area (Å²) in [6.45, 7) is 9.39. The van der Waals surface area contributed by atoms with E-state index in [4.69, 9.17) is 0 Å². The molecule has 1 atom stereocenters. The molecule has 3 heterocycles. The van der Waals surface area contributed by atoms with Crippen LogP contribution in [0, 0.1) is 20.8 Å². The van der Waals surface area contributed by atoms with Crippen LogP contribution in [-0.2, 0) is 4.79 Å². The minimum atomic E-state index is 0.221. The zero-order chi connectivity index (χ0) is 19.8. The van der Waals surface area contributed by atoms with Gasteiger partial charge in [0.2, 0.25) is 5.91 Å². The van der Waals surface area contributed by atoms with E-state index in [1.54, 1.807) is 0 Å². The number of likely N-dealkylation sites (tertiary alicyclic amines) is 1. The van der Waals surface area contributed by atoms with Gasteiger partial charge in [-0.05, 0) is 69.2 Å². The van der Waals surface area contributed by atoms with E-state index in [9.17, 15) is 4.79 Å². The second kappa shape index (κ2) is 7.74. The van der Waals surface area contributed by atoms with E-state index in [0.717, 1.165) is 47.7 Å². The first-order chi connectivity index (χ1) is 13.5. The molecule has 0 spiro atoms. The summed E-state index contributed by atoms with van der Waals surface area (Å²) in [5.41, 5.74) is 5.56. The second-order valence-corrected chi connectivity index (χ2v) is 8.81. The van der Waals surface area contributed by atoms with E-state index in [1.807, 2.05) is 0 Å². The lowest BCUT2D eigenvalue weighted by atomic mass is 10.0. The Hall–Kier alpha value is -2.08. The first kappa shape index (κ1) is 19.2. The molecule has 1 aromatic carbocycles. The highest BCUT2D eigenvalue weighted by Gasteiger charge is 2.26. The highest BCUT2D eigenvalue weighted by molar-refractivity contribution is 7.99. The van der Waals surface area contributed by atoms with E-state index in [2.05, 4.69) is 65.4 Å². The van der Waals surface area contributed by atoms with E-state index in [0.29, 0.717) is 11.8 Å². The van der Waals surface area contributed by atoms with Crippen molar-refractivity contribution in [3.05, 3.63) is 34.9 Å². The van der Waals surface area contributed by atoms with Crippen molar-refractivity contribution in [2.75, 3.05) is 12.3 Å². The van der Waals surface area contributed by atoms with Gasteiger partial charge in [-0.2, -0.15) is 0 Å². The predicted octanol–water partition coefficient (Wildman–Crippen LogP) is 4.69. The van der Waals surface area contributed by atoms with Crippen LogP contribution >= 0.6 is 11.8 Å². The van der Waals surface area contributed by atoms with Crippen molar-refractivity contribution in [2.45, 2.75) is 64.6 Å². The summed E-state index contributed by atoms with van der Waals surface area (Å²) in [5, 5.41) is 10.9. The van der Waals surface area contributed by atoms with Crippen molar-refractivity contribution < 1.29 is 4.79 Å². The van der Waals surface area contributed by atoms with Crippen molar-refractivity contribution in [3.63, 3.8) is 0 Å². The van der Waals surface area contributed by atoms with Gasteiger partial charge in [0.1, 0.15) is 0 Å². The number of amides is 1. The quantitative estimate of drug-likeness (QED) is 0.600. The number of benzene rings is 1. The van der Waals surface area contributed by atoms with Gasteiger partial charge in [0, 0.05) is 18.0 Å². The molecule has 1 saturated heterocycles. The van der Waals surface area contributed by atoms with Gasteiger partial charge in [0.05, 0.1) is 11.3 Å². The van der Waals surface area contributed by atoms with Crippen LogP contribution in [0.4, 0.5) is 0 Å². The van der Waals surface area contributed by atoms with Crippen molar-refractivity contribution in [3.8, 4) is 0 Å². The summed E-state index contributed by atoms with van der Waals surface area (Å²) in [5.74, 6) is 0.635. The number of thioether (sulfide) groups is 1. The molecule has 1 aliphatic rings. The predicted molar refractivity (Wildman–Crippen MR) is 115 cm³/mol. The normalized spacial score (nSPS) is 17.6. The summed E-state index contributed by atoms with van der Waals surface area (Å²) in [6, 6.07) is 6.89. The Morgan fingerprint density at radius 1 is 1.14 bits per heavy atom. The van der Waals surface area contributed by atoms with Crippen molar-refractivity contribution >= 4 is 34.2 Å². The smallest absolute Gasteiger partial charge is 0.233 e. The minimum Gasteiger partial charge on any atom is -0.339 e. The lowest BCUT2D eigenvalue weighted by molar-refractivity contribution is -0.132. The third-order valence-electron chi connectivity index (χ3n) is 5.95. The fourth-order valence-electron chi connectivity index (χ4n) is 4.36. The Morgan fingerprint density at radius 2 is 1.93 bits per heavy atom. The van der Waals surface area contributed by atoms with Gasteiger partial charge in [-0.1, -0.05) is 30.8 Å². The van der Waals surface area contributed by atoms with Gasteiger partial charge in [-0.15, -0.1) is 10.2 Å². The fourth-order valence-corrected chi connectivity index (χ4v) is 5.18. The Balaban J connectivity index is 1.68. The van der Waals surface area contributed by atoms with Crippen LogP contribution in [0.2, 0.25) is 0 Å². The van der Waals surface area contributed by atoms with E-state index in [-0.39, 0.29) is 5.91 Å². The van der Waals surface area contributed by atoms with Gasteiger partial charge in [-0.25, -0.2) is 0 Å². The van der Waals surface area contributed by atoms with Crippen molar-refractivity contribution in [1.29, 1.82) is 0 Å². The number of carbonyl (C=O) groups is 1. The first-order valence-electron chi connectivity index (χ1n) is 10.2. The van der Waals surface area contributed by atoms with Gasteiger partial charge in [0.15, 0.2) is 10.8 Å². The Labute approximate surface area is 170 Å². The zero-order valence-corrected chi connectivity index (χ0v) is 18.0. The van der Waals surface area contributed by atoms with Gasteiger partial charge in [-0.3, -0.25) is 9.20 Å². The van der Waals surface area contributed by atoms with E-state index < -0.39 is 0 Å². The Bertz CT molecular complexity index is 1040. The number of hydrogen-bond acceptors (Lipinski definition) is 4. The van der Waals surface area contributed by atoms with Crippen LogP contribution < -0.4 is 0 Å². The maximum Gasteiger partial charge on any atom is 0.233 e. The number of nitrogens with zero attached hydrogens (tertiary/aromatic N) is 4. The molecular weight excluding hydrogens is 368 g/mol. The Kier molecular flexibility index (Phi) is 5.32. The number of fused-ring (bicyclic) bond motifs is 3. The fraction of sp³-hybridized carbons (Fsp3) is 0.500. The van der Waals surface area contributed by atoms with Crippen LogP contribution in [0.5, 0.6) is 0 Å². The summed E-state index contributed by atoms with van der Waals surface area (Å²) in [6.07, 6.45) is 4.51. The van der Waals surface area contributed by atoms with E-state index >= 15 is 0 Å². The molecule has 0 radical (unpaired) electrons. The third-order valence-corrected chi connectivity index (χ3v) is 6.86. The van der Waals surface area contributed by atoms with Crippen molar-refractivity contribution in [1.82, 2.24) is 19.5 Å². The van der Waals surface area contributed by atoms with Crippen LogP contribution in [0.15, 0.2) is 23.4 Å². The molecule has 0 N–H and O–H groups in total. The summed E-state index contributed by atoms with van der Waals surface area (Å²) in [4.78, 5) is 15.0. The molecule has 148 valence electrons. The summed E-state index contributed by atoms with van der Waals surface area (Å²) >= 11 is 1.51. The molecule has 28 heavy (non-hydrogen) atoms. The molecular formula is C22H28N4OS. The molecule has 0 bridgehead atoms. The number of aromatic nitrogens is 3. The molecule has 1 amide bonds. The molecule has 1 aliphatic heterocycles. The molecule has 3 aromatic rings. The minimum absolute atomic E-state index is 0.221. The summed E-state index contributed by atoms with van der Waals surface area (Å²) < 4.78 is 2.14. The monoisotopic (exact) mass is 396 g/mol. The SMILES string of the molecule is CCC1CCCCN1C(=O)CSc1nnc2c(C)cc3c(C)ccc(C)c3n12. The average molecular weight is 397 g/mol. The van der Waals surface area contributed by atoms with Crippen LogP contribution in [0.25, 0.3) is 16.6 Å². The maximum atomic E-state index is 12.9. The summed E-state index contributed by atoms with van der Waals surface area (Å²) in [7, 11) is 0. The third kappa shape index (κ3) is 3.28. The number of pyridine rings is 1. The number of hydrogen-bond donors (Lipinski definition) is 0. The maximum absolute atomic E-state index is 12.9.